The molecular formula is C53H48N6O9. The van der Waals surface area contributed by atoms with Gasteiger partial charge in [0.25, 0.3) is 0 Å². The Morgan fingerprint density at radius 3 is 1.01 bits per heavy atom. The average Bonchev–Trinajstić information content (AvgIpc) is 3.36. The lowest BCUT2D eigenvalue weighted by atomic mass is 9.88. The number of alkyl carbamates (subject to hydrolysis) is 2. The number of anilines is 1. The summed E-state index contributed by atoms with van der Waals surface area (Å²) in [6.45, 7) is 1.45. The summed E-state index contributed by atoms with van der Waals surface area (Å²) in [6, 6.07) is 44.5. The van der Waals surface area contributed by atoms with E-state index in [-0.39, 0.29) is 32.9 Å². The standard InChI is InChI=1S/C53H48N6O9/c1-2-53(34-68-52(65)59-49-25-17-43(18-26-49)29-42-15-23-48(24-16-42)58-37-62,32-66-50(63)54-30-44-7-3-38(4-8-44)27-40-11-19-46(20-12-40)56-35-60)33-67-51(64)55-31-45-9-5-39(6-10-45)28-41-13-21-47(22-14-41)57-36-61/h3-26H,2,27-34H2,1H3,(H,54,63)(H,55,64)(H,59,65). The summed E-state index contributed by atoms with van der Waals surface area (Å²) >= 11 is 0. The molecule has 0 radical (unpaired) electrons. The number of ether oxygens (including phenoxy) is 3. The molecule has 0 aliphatic carbocycles. The number of aliphatic imine (C=N–C) groups is 3. The molecule has 0 saturated heterocycles. The lowest BCUT2D eigenvalue weighted by Gasteiger charge is -2.31. The van der Waals surface area contributed by atoms with Gasteiger partial charge >= 0.3 is 18.3 Å². The van der Waals surface area contributed by atoms with E-state index in [1.54, 1.807) is 48.5 Å². The number of carbonyl (C=O) groups excluding carboxylic acids is 6. The summed E-state index contributed by atoms with van der Waals surface area (Å²) in [6.07, 6.45) is 4.66. The molecule has 0 unspecified atom stereocenters. The molecule has 344 valence electrons. The first-order valence-electron chi connectivity index (χ1n) is 21.6. The average molecular weight is 913 g/mol. The molecule has 0 saturated carbocycles. The van der Waals surface area contributed by atoms with E-state index in [1.165, 1.54) is 18.2 Å². The second-order valence-electron chi connectivity index (χ2n) is 15.9. The molecule has 6 aromatic rings. The minimum absolute atomic E-state index is 0.183. The van der Waals surface area contributed by atoms with E-state index in [9.17, 15) is 28.8 Å². The van der Waals surface area contributed by atoms with E-state index in [4.69, 9.17) is 14.2 Å². The van der Waals surface area contributed by atoms with Crippen molar-refractivity contribution in [3.8, 4) is 0 Å². The molecule has 0 fully saturated rings. The van der Waals surface area contributed by atoms with E-state index in [1.807, 2.05) is 104 Å². The zero-order chi connectivity index (χ0) is 48.0. The Morgan fingerprint density at radius 1 is 0.426 bits per heavy atom. The molecular weight excluding hydrogens is 865 g/mol. The summed E-state index contributed by atoms with van der Waals surface area (Å²) < 4.78 is 17.0. The Morgan fingerprint density at radius 2 is 0.706 bits per heavy atom. The fourth-order valence-electron chi connectivity index (χ4n) is 6.88. The minimum Gasteiger partial charge on any atom is -0.449 e. The van der Waals surface area contributed by atoms with Crippen molar-refractivity contribution < 1.29 is 43.0 Å². The summed E-state index contributed by atoms with van der Waals surface area (Å²) in [7, 11) is 0. The van der Waals surface area contributed by atoms with Gasteiger partial charge in [0.05, 0.1) is 22.5 Å². The molecule has 0 atom stereocenters. The number of rotatable bonds is 21. The predicted molar refractivity (Wildman–Crippen MR) is 254 cm³/mol. The monoisotopic (exact) mass is 912 g/mol. The Balaban J connectivity index is 1.02. The van der Waals surface area contributed by atoms with Gasteiger partial charge in [-0.3, -0.25) is 5.32 Å². The smallest absolute Gasteiger partial charge is 0.411 e. The highest BCUT2D eigenvalue weighted by molar-refractivity contribution is 5.84. The third-order valence-electron chi connectivity index (χ3n) is 11.0. The molecule has 0 spiro atoms. The number of carbonyl (C=O) groups is 3. The van der Waals surface area contributed by atoms with Crippen LogP contribution >= 0.6 is 0 Å². The summed E-state index contributed by atoms with van der Waals surface area (Å²) in [4.78, 5) is 81.6. The van der Waals surface area contributed by atoms with Crippen LogP contribution in [-0.4, -0.2) is 56.3 Å². The summed E-state index contributed by atoms with van der Waals surface area (Å²) in [5, 5.41) is 8.24. The van der Waals surface area contributed by atoms with Crippen LogP contribution in [0.3, 0.4) is 0 Å². The van der Waals surface area contributed by atoms with Gasteiger partial charge < -0.3 is 24.8 Å². The third-order valence-corrected chi connectivity index (χ3v) is 11.0. The van der Waals surface area contributed by atoms with Gasteiger partial charge in [0, 0.05) is 18.8 Å². The second kappa shape index (κ2) is 25.1. The van der Waals surface area contributed by atoms with Crippen LogP contribution in [0, 0.1) is 5.41 Å². The number of amides is 3. The number of hydrogen-bond acceptors (Lipinski definition) is 12. The van der Waals surface area contributed by atoms with Gasteiger partial charge in [0.2, 0.25) is 18.2 Å². The Hall–Kier alpha value is -8.73. The molecule has 0 aliphatic heterocycles. The summed E-state index contributed by atoms with van der Waals surface area (Å²) in [5.41, 5.74) is 8.81. The van der Waals surface area contributed by atoms with Gasteiger partial charge in [0.1, 0.15) is 19.8 Å². The zero-order valence-electron chi connectivity index (χ0n) is 37.2. The summed E-state index contributed by atoms with van der Waals surface area (Å²) in [5.74, 6) is 0. The van der Waals surface area contributed by atoms with Crippen LogP contribution < -0.4 is 16.0 Å². The van der Waals surface area contributed by atoms with Crippen LogP contribution in [0.25, 0.3) is 0 Å². The molecule has 6 aromatic carbocycles. The highest BCUT2D eigenvalue weighted by Crippen LogP contribution is 2.26. The van der Waals surface area contributed by atoms with Gasteiger partial charge in [-0.1, -0.05) is 104 Å². The maximum atomic E-state index is 13.1. The minimum atomic E-state index is -1.11. The molecule has 68 heavy (non-hydrogen) atoms. The maximum absolute atomic E-state index is 13.1. The van der Waals surface area contributed by atoms with Crippen LogP contribution in [-0.2, 0) is 60.9 Å². The fraction of sp³-hybridized carbons (Fsp3) is 0.208. The van der Waals surface area contributed by atoms with Crippen molar-refractivity contribution in [2.45, 2.75) is 45.7 Å². The highest BCUT2D eigenvalue weighted by atomic mass is 16.6. The molecule has 3 N–H and O–H groups in total. The SMILES string of the molecule is CCC(COC(=O)NCc1ccc(Cc2ccc(N=C=O)cc2)cc1)(COC(=O)NCc1ccc(Cc2ccc(N=C=O)cc2)cc1)COC(=O)Nc1ccc(Cc2ccc(N=C=O)cc2)cc1. The van der Waals surface area contributed by atoms with Crippen LogP contribution in [0.5, 0.6) is 0 Å². The first-order chi connectivity index (χ1) is 33.1. The largest absolute Gasteiger partial charge is 0.449 e. The number of benzene rings is 6. The third kappa shape index (κ3) is 15.8. The second-order valence-corrected chi connectivity index (χ2v) is 15.9. The van der Waals surface area contributed by atoms with Crippen molar-refractivity contribution in [2.75, 3.05) is 25.1 Å². The molecule has 0 heterocycles. The van der Waals surface area contributed by atoms with E-state index in [0.717, 1.165) is 44.5 Å². The lowest BCUT2D eigenvalue weighted by molar-refractivity contribution is -0.0154. The first kappa shape index (κ1) is 48.7. The van der Waals surface area contributed by atoms with Crippen molar-refractivity contribution in [3.63, 3.8) is 0 Å². The topological polar surface area (TPSA) is 203 Å². The molecule has 6 rings (SSSR count). The Bertz CT molecular complexity index is 2630. The van der Waals surface area contributed by atoms with E-state index < -0.39 is 23.7 Å². The molecule has 0 aromatic heterocycles. The zero-order valence-corrected chi connectivity index (χ0v) is 37.2. The molecule has 15 nitrogen and oxygen atoms in total. The Labute approximate surface area is 393 Å². The molecule has 3 amide bonds. The van der Waals surface area contributed by atoms with Crippen molar-refractivity contribution in [3.05, 3.63) is 190 Å². The van der Waals surface area contributed by atoms with E-state index in [0.29, 0.717) is 48.4 Å². The number of nitrogens with zero attached hydrogens (tertiary/aromatic N) is 3. The number of nitrogens with one attached hydrogen (secondary N) is 3. The van der Waals surface area contributed by atoms with Gasteiger partial charge in [0.15, 0.2) is 0 Å². The van der Waals surface area contributed by atoms with Crippen LogP contribution in [0.15, 0.2) is 161 Å². The number of isocyanates is 3. The predicted octanol–water partition coefficient (Wildman–Crippen LogP) is 10.2. The Kier molecular flexibility index (Phi) is 18.0. The van der Waals surface area contributed by atoms with Crippen LogP contribution in [0.4, 0.5) is 37.1 Å². The van der Waals surface area contributed by atoms with Gasteiger partial charge in [-0.05, 0) is 119 Å². The maximum Gasteiger partial charge on any atom is 0.411 e. The van der Waals surface area contributed by atoms with E-state index >= 15 is 0 Å². The first-order valence-corrected chi connectivity index (χ1v) is 21.6. The van der Waals surface area contributed by atoms with Crippen molar-refractivity contribution in [1.82, 2.24) is 10.6 Å². The molecule has 0 bridgehead atoms. The quantitative estimate of drug-likeness (QED) is 0.0357. The van der Waals surface area contributed by atoms with Crippen molar-refractivity contribution in [2.24, 2.45) is 20.4 Å². The lowest BCUT2D eigenvalue weighted by Crippen LogP contribution is -2.41. The van der Waals surface area contributed by atoms with Gasteiger partial charge in [-0.25, -0.2) is 28.8 Å². The van der Waals surface area contributed by atoms with Crippen LogP contribution in [0.1, 0.15) is 57.9 Å². The fourth-order valence-corrected chi connectivity index (χ4v) is 6.88. The molecule has 15 heteroatoms. The van der Waals surface area contributed by atoms with Crippen molar-refractivity contribution >= 4 is 59.3 Å². The number of hydrogen-bond donors (Lipinski definition) is 3. The van der Waals surface area contributed by atoms with Gasteiger partial charge in [-0.2, -0.15) is 15.0 Å². The van der Waals surface area contributed by atoms with Gasteiger partial charge in [-0.15, -0.1) is 0 Å². The van der Waals surface area contributed by atoms with Crippen LogP contribution in [0.2, 0.25) is 0 Å². The molecule has 0 aliphatic rings. The highest BCUT2D eigenvalue weighted by Gasteiger charge is 2.34. The van der Waals surface area contributed by atoms with Crippen molar-refractivity contribution in [1.29, 1.82) is 0 Å². The normalized spacial score (nSPS) is 11.2. The van der Waals surface area contributed by atoms with E-state index in [2.05, 4.69) is 30.9 Å².